The number of aromatic hydroxyl groups is 3. The van der Waals surface area contributed by atoms with Crippen LogP contribution in [0.3, 0.4) is 0 Å². The number of phenols is 3. The maximum atomic E-state index is 15.0. The van der Waals surface area contributed by atoms with Gasteiger partial charge in [-0.05, 0) is 138 Å². The Morgan fingerprint density at radius 1 is 0.931 bits per heavy atom. The molecule has 0 aromatic heterocycles. The zero-order valence-electron chi connectivity index (χ0n) is 33.3. The van der Waals surface area contributed by atoms with Gasteiger partial charge in [-0.25, -0.2) is 0 Å². The van der Waals surface area contributed by atoms with Gasteiger partial charge in [-0.15, -0.1) is 0 Å². The summed E-state index contributed by atoms with van der Waals surface area (Å²) >= 11 is 0. The highest BCUT2D eigenvalue weighted by atomic mass is 16.5. The van der Waals surface area contributed by atoms with Crippen LogP contribution in [0.2, 0.25) is 0 Å². The minimum Gasteiger partial charge on any atom is -0.504 e. The van der Waals surface area contributed by atoms with E-state index in [0.717, 1.165) is 47.9 Å². The van der Waals surface area contributed by atoms with Crippen molar-refractivity contribution in [3.63, 3.8) is 0 Å². The molecule has 12 atom stereocenters. The fourth-order valence-electron chi connectivity index (χ4n) is 15.8. The number of carbonyl (C=O) groups is 1. The lowest BCUT2D eigenvalue weighted by Gasteiger charge is -2.79. The summed E-state index contributed by atoms with van der Waals surface area (Å²) in [6.45, 7) is 0.257. The Morgan fingerprint density at radius 3 is 2.55 bits per heavy atom. The number of rotatable bonds is 5. The normalized spacial score (nSPS) is 41.3. The van der Waals surface area contributed by atoms with Gasteiger partial charge < -0.3 is 35.6 Å². The van der Waals surface area contributed by atoms with Gasteiger partial charge in [-0.2, -0.15) is 0 Å². The molecule has 0 amide bonds. The molecule has 1 aliphatic heterocycles. The highest BCUT2D eigenvalue weighted by molar-refractivity contribution is 5.81. The van der Waals surface area contributed by atoms with Crippen molar-refractivity contribution >= 4 is 5.78 Å². The van der Waals surface area contributed by atoms with Crippen molar-refractivity contribution in [1.82, 2.24) is 5.32 Å². The van der Waals surface area contributed by atoms with E-state index >= 15 is 4.79 Å². The van der Waals surface area contributed by atoms with Crippen LogP contribution in [0.5, 0.6) is 23.0 Å². The molecule has 1 saturated heterocycles. The molecule has 11 rings (SSSR count). The summed E-state index contributed by atoms with van der Waals surface area (Å²) in [5.74, 6) is 7.01. The van der Waals surface area contributed by atoms with Crippen LogP contribution < -0.4 is 10.1 Å². The number of aliphatic hydroxyl groups excluding tert-OH is 1. The van der Waals surface area contributed by atoms with Crippen LogP contribution in [0, 0.1) is 52.3 Å². The van der Waals surface area contributed by atoms with Crippen molar-refractivity contribution in [3.05, 3.63) is 94.6 Å². The topological polar surface area (TPSA) is 139 Å². The van der Waals surface area contributed by atoms with Crippen molar-refractivity contribution in [2.75, 3.05) is 13.7 Å². The molecule has 302 valence electrons. The second-order valence-corrected chi connectivity index (χ2v) is 19.8. The van der Waals surface area contributed by atoms with Crippen LogP contribution in [0.1, 0.15) is 110 Å². The van der Waals surface area contributed by atoms with Crippen LogP contribution in [0.15, 0.2) is 66.7 Å². The van der Waals surface area contributed by atoms with Crippen molar-refractivity contribution in [2.45, 2.75) is 112 Å². The number of ketones is 1. The molecule has 7 aliphatic carbocycles. The van der Waals surface area contributed by atoms with Gasteiger partial charge in [0.2, 0.25) is 0 Å². The van der Waals surface area contributed by atoms with Crippen molar-refractivity contribution in [1.29, 1.82) is 0 Å². The van der Waals surface area contributed by atoms with Crippen LogP contribution in [-0.2, 0) is 23.2 Å². The average molecular weight is 782 g/mol. The smallest absolute Gasteiger partial charge is 0.160 e. The zero-order valence-corrected chi connectivity index (χ0v) is 33.3. The molecular formula is C50H55NO7. The molecule has 3 spiro atoms. The van der Waals surface area contributed by atoms with Crippen LogP contribution in [0.4, 0.5) is 0 Å². The first kappa shape index (κ1) is 36.8. The number of hydrogen-bond donors (Lipinski definition) is 6. The summed E-state index contributed by atoms with van der Waals surface area (Å²) in [4.78, 5) is 15.0. The van der Waals surface area contributed by atoms with Crippen LogP contribution in [0.25, 0.3) is 0 Å². The Balaban J connectivity index is 1.14. The van der Waals surface area contributed by atoms with Gasteiger partial charge in [0.25, 0.3) is 0 Å². The molecule has 1 heterocycles. The predicted octanol–water partition coefficient (Wildman–Crippen LogP) is 7.29. The number of fused-ring (bicyclic) bond motifs is 3. The number of methoxy groups -OCH3 is 1. The largest absolute Gasteiger partial charge is 0.504 e. The summed E-state index contributed by atoms with van der Waals surface area (Å²) in [6, 6.07) is 17.2. The van der Waals surface area contributed by atoms with Gasteiger partial charge in [0.15, 0.2) is 23.0 Å². The molecular weight excluding hydrogens is 727 g/mol. The third-order valence-electron chi connectivity index (χ3n) is 17.7. The number of piperidine rings is 1. The number of aliphatic hydroxyl groups is 2. The molecule has 4 saturated carbocycles. The van der Waals surface area contributed by atoms with E-state index < -0.39 is 22.9 Å². The minimum absolute atomic E-state index is 0.0176. The third-order valence-corrected chi connectivity index (χ3v) is 17.7. The summed E-state index contributed by atoms with van der Waals surface area (Å²) in [7, 11) is 1.49. The fourth-order valence-corrected chi connectivity index (χ4v) is 15.8. The molecule has 6 bridgehead atoms. The second kappa shape index (κ2) is 12.6. The first-order valence-corrected chi connectivity index (χ1v) is 21.8. The van der Waals surface area contributed by atoms with Gasteiger partial charge in [-0.3, -0.25) is 4.79 Å². The van der Waals surface area contributed by atoms with Crippen molar-refractivity contribution in [3.8, 4) is 34.8 Å². The number of benzene rings is 3. The second-order valence-electron chi connectivity index (χ2n) is 19.8. The lowest BCUT2D eigenvalue weighted by molar-refractivity contribution is -0.231. The molecule has 3 aromatic carbocycles. The van der Waals surface area contributed by atoms with Crippen molar-refractivity contribution in [2.24, 2.45) is 40.4 Å². The number of ether oxygens (including phenoxy) is 1. The summed E-state index contributed by atoms with van der Waals surface area (Å²) in [6.07, 6.45) is 14.6. The number of allylic oxidation sites excluding steroid dienone is 2. The molecule has 0 radical (unpaired) electrons. The Hall–Kier alpha value is -4.29. The van der Waals surface area contributed by atoms with E-state index in [-0.39, 0.29) is 88.3 Å². The highest BCUT2D eigenvalue weighted by Gasteiger charge is 2.79. The first-order chi connectivity index (χ1) is 28.0. The van der Waals surface area contributed by atoms with E-state index in [0.29, 0.717) is 37.3 Å². The number of Topliss-reactive ketones (excluding diaryl/α,β-unsaturated/α-hetero) is 1. The fraction of sp³-hybridized carbons (Fsp3) is 0.540. The summed E-state index contributed by atoms with van der Waals surface area (Å²) < 4.78 is 5.56. The van der Waals surface area contributed by atoms with E-state index in [9.17, 15) is 25.5 Å². The van der Waals surface area contributed by atoms with Gasteiger partial charge in [-0.1, -0.05) is 60.7 Å². The molecule has 6 N–H and O–H groups in total. The highest BCUT2D eigenvalue weighted by Crippen LogP contribution is 2.81. The monoisotopic (exact) mass is 781 g/mol. The van der Waals surface area contributed by atoms with E-state index in [4.69, 9.17) is 4.74 Å². The molecule has 58 heavy (non-hydrogen) atoms. The molecule has 8 heteroatoms. The maximum Gasteiger partial charge on any atom is 0.160 e. The number of hydrogen-bond acceptors (Lipinski definition) is 8. The first-order valence-electron chi connectivity index (χ1n) is 21.8. The van der Waals surface area contributed by atoms with Gasteiger partial charge >= 0.3 is 0 Å². The Morgan fingerprint density at radius 2 is 1.74 bits per heavy atom. The Kier molecular flexibility index (Phi) is 7.99. The van der Waals surface area contributed by atoms with Crippen molar-refractivity contribution < 1.29 is 35.1 Å². The number of carbonyl (C=O) groups excluding carboxylic acids is 1. The molecule has 5 fully saturated rings. The molecule has 3 aromatic rings. The lowest BCUT2D eigenvalue weighted by Crippen LogP contribution is -2.83. The Labute approximate surface area is 340 Å². The lowest BCUT2D eigenvalue weighted by atomic mass is 9.27. The zero-order chi connectivity index (χ0) is 39.8. The van der Waals surface area contributed by atoms with Crippen LogP contribution in [-0.4, -0.2) is 56.1 Å². The number of nitrogens with one attached hydrogen (secondary N) is 1. The van der Waals surface area contributed by atoms with Crippen LogP contribution >= 0.6 is 0 Å². The van der Waals surface area contributed by atoms with Gasteiger partial charge in [0, 0.05) is 54.0 Å². The molecule has 8 nitrogen and oxygen atoms in total. The quantitative estimate of drug-likeness (QED) is 0.0902. The standard InChI is InChI=1S/C50H55NO7/c1-58-43-22-36(32(27-52)19-42(43)56)35-20-34(53)25-48(57)15-17-49-16-14-46-13-11-33-8-5-12-47(33,28-46)38-24-44(46)50(49,39-23-41(55)40(54)21-37(38)39)45(48)31(26-51-49)10-9-30(35)18-29-6-3-2-4-7-29/h2-4,6-7,11,13,19,21-23,30-31,33,35,38,44-45,51-52,54-57H,5,8,12,14-18,20,24-28H2,1H3. The molecule has 8 aliphatic rings. The van der Waals surface area contributed by atoms with E-state index in [1.165, 1.54) is 32.4 Å². The number of phenolic OH excluding ortho intramolecular Hbond substituents is 3. The predicted molar refractivity (Wildman–Crippen MR) is 218 cm³/mol. The maximum absolute atomic E-state index is 15.0. The third kappa shape index (κ3) is 4.73. The van der Waals surface area contributed by atoms with E-state index in [1.54, 1.807) is 6.07 Å². The minimum atomic E-state index is -1.37. The Bertz CT molecular complexity index is 2310. The van der Waals surface area contributed by atoms with E-state index in [2.05, 4.69) is 41.4 Å². The van der Waals surface area contributed by atoms with E-state index in [1.807, 2.05) is 30.3 Å². The average Bonchev–Trinajstić information content (AvgIpc) is 3.63. The van der Waals surface area contributed by atoms with Gasteiger partial charge in [0.05, 0.1) is 19.3 Å². The summed E-state index contributed by atoms with van der Waals surface area (Å²) in [5, 5.41) is 61.9. The summed E-state index contributed by atoms with van der Waals surface area (Å²) in [5.41, 5.74) is 2.19. The van der Waals surface area contributed by atoms with Gasteiger partial charge in [0.1, 0.15) is 5.78 Å². The molecule has 12 unspecified atom stereocenters. The SMILES string of the molecule is COc1cc(C2CC(=O)CC3(O)CCC45CCC67C=CC8CCCC8(C6)C6CC7C4(c4cc(O)c(O)cc46)C3C(C#CC2Cc2ccccc2)CN5)c(CO)cc1O.